The second kappa shape index (κ2) is 6.49. The minimum Gasteiger partial charge on any atom is -0.489 e. The summed E-state index contributed by atoms with van der Waals surface area (Å²) >= 11 is 6.14. The molecule has 1 aliphatic rings. The Morgan fingerprint density at radius 3 is 2.95 bits per heavy atom. The largest absolute Gasteiger partial charge is 0.489 e. The number of carbonyl (C=O) groups is 1. The third kappa shape index (κ3) is 3.14. The van der Waals surface area contributed by atoms with Gasteiger partial charge in [-0.3, -0.25) is 4.79 Å². The van der Waals surface area contributed by atoms with Gasteiger partial charge in [0.2, 0.25) is 0 Å². The lowest BCUT2D eigenvalue weighted by molar-refractivity contribution is 0.0797. The average molecular weight is 295 g/mol. The lowest BCUT2D eigenvalue weighted by atomic mass is 10.1. The molecule has 20 heavy (non-hydrogen) atoms. The van der Waals surface area contributed by atoms with Gasteiger partial charge in [-0.15, -0.1) is 0 Å². The highest BCUT2D eigenvalue weighted by molar-refractivity contribution is 6.32. The summed E-state index contributed by atoms with van der Waals surface area (Å²) in [6, 6.07) is 5.22. The molecule has 1 heterocycles. The standard InChI is InChI=1S/C14H15ClN2O3/c1-17(5-2-4-16)14(18)10-8-11(15)13-12(9-10)19-6-3-7-20-13/h8-9H,2-3,5-7H2,1H3. The first-order valence-electron chi connectivity index (χ1n) is 6.35. The van der Waals surface area contributed by atoms with E-state index in [1.165, 1.54) is 4.90 Å². The van der Waals surface area contributed by atoms with Crippen molar-refractivity contribution in [1.29, 1.82) is 5.26 Å². The number of hydrogen-bond acceptors (Lipinski definition) is 4. The first-order chi connectivity index (χ1) is 9.63. The van der Waals surface area contributed by atoms with Crippen LogP contribution in [-0.4, -0.2) is 37.6 Å². The van der Waals surface area contributed by atoms with Crippen LogP contribution in [0.3, 0.4) is 0 Å². The smallest absolute Gasteiger partial charge is 0.253 e. The van der Waals surface area contributed by atoms with Crippen LogP contribution in [0.5, 0.6) is 11.5 Å². The number of hydrogen-bond donors (Lipinski definition) is 0. The zero-order chi connectivity index (χ0) is 14.5. The van der Waals surface area contributed by atoms with Gasteiger partial charge in [0, 0.05) is 25.6 Å². The third-order valence-electron chi connectivity index (χ3n) is 2.95. The van der Waals surface area contributed by atoms with E-state index >= 15 is 0 Å². The van der Waals surface area contributed by atoms with Gasteiger partial charge in [-0.1, -0.05) is 11.6 Å². The Hall–Kier alpha value is -1.93. The van der Waals surface area contributed by atoms with Gasteiger partial charge in [0.15, 0.2) is 11.5 Å². The summed E-state index contributed by atoms with van der Waals surface area (Å²) in [4.78, 5) is 13.7. The number of amides is 1. The van der Waals surface area contributed by atoms with Crippen molar-refractivity contribution in [3.05, 3.63) is 22.7 Å². The molecule has 0 spiro atoms. The van der Waals surface area contributed by atoms with E-state index in [9.17, 15) is 4.79 Å². The van der Waals surface area contributed by atoms with Crippen molar-refractivity contribution in [2.24, 2.45) is 0 Å². The summed E-state index contributed by atoms with van der Waals surface area (Å²) in [6.07, 6.45) is 1.07. The molecule has 0 N–H and O–H groups in total. The Morgan fingerprint density at radius 1 is 1.45 bits per heavy atom. The van der Waals surface area contributed by atoms with E-state index in [0.29, 0.717) is 48.3 Å². The fourth-order valence-electron chi connectivity index (χ4n) is 1.89. The maximum Gasteiger partial charge on any atom is 0.253 e. The number of nitrogens with zero attached hydrogens (tertiary/aromatic N) is 2. The third-order valence-corrected chi connectivity index (χ3v) is 3.24. The van der Waals surface area contributed by atoms with Crippen molar-refractivity contribution in [3.8, 4) is 17.6 Å². The summed E-state index contributed by atoms with van der Waals surface area (Å²) in [6.45, 7) is 1.45. The van der Waals surface area contributed by atoms with Gasteiger partial charge < -0.3 is 14.4 Å². The number of carbonyl (C=O) groups excluding carboxylic acids is 1. The lowest BCUT2D eigenvalue weighted by Crippen LogP contribution is -2.27. The van der Waals surface area contributed by atoms with E-state index in [-0.39, 0.29) is 5.91 Å². The highest BCUT2D eigenvalue weighted by atomic mass is 35.5. The van der Waals surface area contributed by atoms with Crippen LogP contribution in [-0.2, 0) is 0 Å². The molecule has 1 aromatic carbocycles. The minimum absolute atomic E-state index is 0.196. The molecule has 0 aliphatic carbocycles. The molecule has 1 aliphatic heterocycles. The minimum atomic E-state index is -0.196. The summed E-state index contributed by atoms with van der Waals surface area (Å²) in [5, 5.41) is 8.92. The Labute approximate surface area is 122 Å². The van der Waals surface area contributed by atoms with Crippen molar-refractivity contribution >= 4 is 17.5 Å². The molecule has 1 amide bonds. The zero-order valence-corrected chi connectivity index (χ0v) is 11.9. The van der Waals surface area contributed by atoms with E-state index in [0.717, 1.165) is 6.42 Å². The highest BCUT2D eigenvalue weighted by Crippen LogP contribution is 2.38. The van der Waals surface area contributed by atoms with Gasteiger partial charge in [-0.25, -0.2) is 0 Å². The van der Waals surface area contributed by atoms with E-state index in [1.807, 2.05) is 6.07 Å². The fourth-order valence-corrected chi connectivity index (χ4v) is 2.16. The SMILES string of the molecule is CN(CCC#N)C(=O)c1cc(Cl)c2c(c1)OCCCO2. The van der Waals surface area contributed by atoms with E-state index in [4.69, 9.17) is 26.3 Å². The van der Waals surface area contributed by atoms with Crippen molar-refractivity contribution in [1.82, 2.24) is 4.90 Å². The van der Waals surface area contributed by atoms with Gasteiger partial charge in [0.25, 0.3) is 5.91 Å². The number of nitriles is 1. The fraction of sp³-hybridized carbons (Fsp3) is 0.429. The van der Waals surface area contributed by atoms with Crippen molar-refractivity contribution in [3.63, 3.8) is 0 Å². The Kier molecular flexibility index (Phi) is 4.70. The van der Waals surface area contributed by atoms with E-state index < -0.39 is 0 Å². The Balaban J connectivity index is 2.25. The number of ether oxygens (including phenoxy) is 2. The van der Waals surface area contributed by atoms with Crippen LogP contribution >= 0.6 is 11.6 Å². The summed E-state index contributed by atoms with van der Waals surface area (Å²) in [5.74, 6) is 0.783. The molecule has 0 saturated heterocycles. The molecular formula is C14H15ClN2O3. The van der Waals surface area contributed by atoms with Crippen LogP contribution in [0, 0.1) is 11.3 Å². The lowest BCUT2D eigenvalue weighted by Gasteiger charge is -2.17. The maximum atomic E-state index is 12.2. The van der Waals surface area contributed by atoms with Gasteiger partial charge >= 0.3 is 0 Å². The molecule has 0 atom stereocenters. The summed E-state index contributed by atoms with van der Waals surface area (Å²) in [5.41, 5.74) is 0.430. The van der Waals surface area contributed by atoms with Crippen molar-refractivity contribution < 1.29 is 14.3 Å². The quantitative estimate of drug-likeness (QED) is 0.859. The van der Waals surface area contributed by atoms with Crippen LogP contribution < -0.4 is 9.47 Å². The number of halogens is 1. The van der Waals surface area contributed by atoms with Crippen molar-refractivity contribution in [2.75, 3.05) is 26.8 Å². The van der Waals surface area contributed by atoms with Gasteiger partial charge in [0.1, 0.15) is 0 Å². The number of rotatable bonds is 3. The van der Waals surface area contributed by atoms with Gasteiger partial charge in [0.05, 0.1) is 30.7 Å². The normalized spacial score (nSPS) is 13.2. The maximum absolute atomic E-state index is 12.2. The van der Waals surface area contributed by atoms with E-state index in [2.05, 4.69) is 0 Å². The second-order valence-corrected chi connectivity index (χ2v) is 4.88. The first-order valence-corrected chi connectivity index (χ1v) is 6.73. The molecule has 0 bridgehead atoms. The molecule has 2 rings (SSSR count). The predicted molar refractivity (Wildman–Crippen MR) is 74.2 cm³/mol. The van der Waals surface area contributed by atoms with Crippen molar-refractivity contribution in [2.45, 2.75) is 12.8 Å². The Bertz CT molecular complexity index is 554. The second-order valence-electron chi connectivity index (χ2n) is 4.47. The van der Waals surface area contributed by atoms with Crippen LogP contribution in [0.4, 0.5) is 0 Å². The topological polar surface area (TPSA) is 62.6 Å². The molecular weight excluding hydrogens is 280 g/mol. The summed E-state index contributed by atoms with van der Waals surface area (Å²) < 4.78 is 11.1. The zero-order valence-electron chi connectivity index (χ0n) is 11.2. The summed E-state index contributed by atoms with van der Waals surface area (Å²) in [7, 11) is 1.65. The van der Waals surface area contributed by atoms with Crippen LogP contribution in [0.2, 0.25) is 5.02 Å². The first kappa shape index (κ1) is 14.5. The molecule has 6 heteroatoms. The number of fused-ring (bicyclic) bond motifs is 1. The molecule has 0 aromatic heterocycles. The average Bonchev–Trinajstić information content (AvgIpc) is 2.69. The van der Waals surface area contributed by atoms with E-state index in [1.54, 1.807) is 19.2 Å². The predicted octanol–water partition coefficient (Wildman–Crippen LogP) is 2.49. The monoisotopic (exact) mass is 294 g/mol. The van der Waals surface area contributed by atoms with Gasteiger partial charge in [-0.2, -0.15) is 5.26 Å². The number of benzene rings is 1. The molecule has 106 valence electrons. The molecule has 0 radical (unpaired) electrons. The van der Waals surface area contributed by atoms with Crippen LogP contribution in [0.15, 0.2) is 12.1 Å². The van der Waals surface area contributed by atoms with Crippen LogP contribution in [0.25, 0.3) is 0 Å². The van der Waals surface area contributed by atoms with Gasteiger partial charge in [-0.05, 0) is 12.1 Å². The molecule has 5 nitrogen and oxygen atoms in total. The highest BCUT2D eigenvalue weighted by Gasteiger charge is 2.20. The molecule has 0 saturated carbocycles. The molecule has 0 unspecified atom stereocenters. The molecule has 1 aromatic rings. The Morgan fingerprint density at radius 2 is 2.20 bits per heavy atom. The molecule has 0 fully saturated rings. The van der Waals surface area contributed by atoms with Crippen LogP contribution in [0.1, 0.15) is 23.2 Å².